The third kappa shape index (κ3) is 4.56. The fraction of sp³-hybridized carbons (Fsp3) is 0.0909. The molecule has 0 radical (unpaired) electrons. The second-order valence-electron chi connectivity index (χ2n) is 13.2. The molecule has 8 aromatic rings. The molecular weight excluding hydrogens is 615 g/mol. The SMILES string of the molecule is Cn1c(=O)n(C)c2cc(-c3ccc(-c4nc(-c5ccccc5)nc(-c5ccc6c(c5)-c5ccccc5C6(C)c5ccccc5)n4)cc3)ccc21. The molecule has 240 valence electrons. The van der Waals surface area contributed by atoms with E-state index in [-0.39, 0.29) is 11.1 Å². The lowest BCUT2D eigenvalue weighted by molar-refractivity contribution is 0.714. The lowest BCUT2D eigenvalue weighted by Gasteiger charge is -2.28. The number of hydrogen-bond donors (Lipinski definition) is 0. The molecule has 2 heterocycles. The van der Waals surface area contributed by atoms with Crippen molar-refractivity contribution in [3.8, 4) is 56.4 Å². The van der Waals surface area contributed by atoms with Crippen LogP contribution in [0.2, 0.25) is 0 Å². The molecule has 0 saturated carbocycles. The molecule has 2 aromatic heterocycles. The Morgan fingerprint density at radius 1 is 0.460 bits per heavy atom. The molecule has 0 aliphatic heterocycles. The highest BCUT2D eigenvalue weighted by Crippen LogP contribution is 2.52. The number of rotatable bonds is 5. The van der Waals surface area contributed by atoms with E-state index in [1.807, 2.05) is 43.4 Å². The maximum Gasteiger partial charge on any atom is 0.328 e. The minimum atomic E-state index is -0.271. The second-order valence-corrected chi connectivity index (χ2v) is 13.2. The molecule has 0 spiro atoms. The summed E-state index contributed by atoms with van der Waals surface area (Å²) in [6.07, 6.45) is 0. The molecule has 0 fully saturated rings. The monoisotopic (exact) mass is 647 g/mol. The maximum atomic E-state index is 12.5. The largest absolute Gasteiger partial charge is 0.328 e. The van der Waals surface area contributed by atoms with E-state index >= 15 is 0 Å². The molecular formula is C44H33N5O. The molecule has 1 aliphatic rings. The standard InChI is InChI=1S/C44H33N5O/c1-44(33-14-8-5-9-15-33)36-17-11-10-16-34(36)35-26-32(22-24-37(35)44)42-46-40(29-12-6-4-7-13-29)45-41(47-42)30-20-18-28(19-21-30)31-23-25-38-39(27-31)49(3)43(50)48(38)2/h4-27H,1-3H3. The summed E-state index contributed by atoms with van der Waals surface area (Å²) in [4.78, 5) is 27.6. The summed E-state index contributed by atoms with van der Waals surface area (Å²) in [7, 11) is 3.61. The van der Waals surface area contributed by atoms with Gasteiger partial charge in [-0.15, -0.1) is 0 Å². The van der Waals surface area contributed by atoms with Gasteiger partial charge in [-0.3, -0.25) is 9.13 Å². The van der Waals surface area contributed by atoms with Gasteiger partial charge in [0, 0.05) is 36.2 Å². The van der Waals surface area contributed by atoms with Crippen molar-refractivity contribution in [2.75, 3.05) is 0 Å². The first-order valence-electron chi connectivity index (χ1n) is 16.8. The van der Waals surface area contributed by atoms with E-state index in [0.29, 0.717) is 17.5 Å². The molecule has 1 aliphatic carbocycles. The predicted molar refractivity (Wildman–Crippen MR) is 201 cm³/mol. The van der Waals surface area contributed by atoms with Crippen LogP contribution in [0.5, 0.6) is 0 Å². The highest BCUT2D eigenvalue weighted by Gasteiger charge is 2.40. The van der Waals surface area contributed by atoms with Crippen LogP contribution in [-0.4, -0.2) is 24.1 Å². The number of aromatic nitrogens is 5. The Balaban J connectivity index is 1.15. The first kappa shape index (κ1) is 29.7. The maximum absolute atomic E-state index is 12.5. The second kappa shape index (κ2) is 11.3. The predicted octanol–water partition coefficient (Wildman–Crippen LogP) is 9.06. The topological polar surface area (TPSA) is 65.6 Å². The quantitative estimate of drug-likeness (QED) is 0.187. The average Bonchev–Trinajstić information content (AvgIpc) is 3.57. The summed E-state index contributed by atoms with van der Waals surface area (Å²) in [6.45, 7) is 2.32. The average molecular weight is 648 g/mol. The van der Waals surface area contributed by atoms with Crippen molar-refractivity contribution in [2.45, 2.75) is 12.3 Å². The van der Waals surface area contributed by atoms with E-state index in [4.69, 9.17) is 15.0 Å². The molecule has 1 unspecified atom stereocenters. The number of aryl methyl sites for hydroxylation is 2. The summed E-state index contributed by atoms with van der Waals surface area (Å²) in [6, 6.07) is 50.6. The third-order valence-electron chi connectivity index (χ3n) is 10.3. The van der Waals surface area contributed by atoms with Crippen molar-refractivity contribution in [3.63, 3.8) is 0 Å². The zero-order chi connectivity index (χ0) is 34.0. The molecule has 0 N–H and O–H groups in total. The van der Waals surface area contributed by atoms with Crippen LogP contribution in [0, 0.1) is 0 Å². The summed E-state index contributed by atoms with van der Waals surface area (Å²) < 4.78 is 3.36. The Labute approximate surface area is 290 Å². The highest BCUT2D eigenvalue weighted by atomic mass is 16.1. The van der Waals surface area contributed by atoms with Crippen molar-refractivity contribution in [1.29, 1.82) is 0 Å². The summed E-state index contributed by atoms with van der Waals surface area (Å²) in [5.74, 6) is 1.86. The minimum absolute atomic E-state index is 0.0369. The minimum Gasteiger partial charge on any atom is -0.295 e. The Morgan fingerprint density at radius 2 is 0.980 bits per heavy atom. The van der Waals surface area contributed by atoms with E-state index in [2.05, 4.69) is 116 Å². The molecule has 9 rings (SSSR count). The van der Waals surface area contributed by atoms with Gasteiger partial charge >= 0.3 is 5.69 Å². The van der Waals surface area contributed by atoms with Crippen LogP contribution in [-0.2, 0) is 19.5 Å². The zero-order valence-electron chi connectivity index (χ0n) is 28.0. The van der Waals surface area contributed by atoms with Crippen LogP contribution in [0.4, 0.5) is 0 Å². The first-order valence-corrected chi connectivity index (χ1v) is 16.8. The van der Waals surface area contributed by atoms with E-state index < -0.39 is 0 Å². The summed E-state index contributed by atoms with van der Waals surface area (Å²) in [5, 5.41) is 0. The van der Waals surface area contributed by atoms with Gasteiger partial charge in [-0.05, 0) is 64.1 Å². The van der Waals surface area contributed by atoms with Crippen molar-refractivity contribution in [3.05, 3.63) is 173 Å². The highest BCUT2D eigenvalue weighted by molar-refractivity contribution is 5.86. The van der Waals surface area contributed by atoms with E-state index in [0.717, 1.165) is 38.9 Å². The van der Waals surface area contributed by atoms with Gasteiger partial charge in [0.2, 0.25) is 0 Å². The van der Waals surface area contributed by atoms with Gasteiger partial charge < -0.3 is 0 Å². The fourth-order valence-corrected chi connectivity index (χ4v) is 7.57. The smallest absolute Gasteiger partial charge is 0.295 e. The number of nitrogens with zero attached hydrogens (tertiary/aromatic N) is 5. The van der Waals surface area contributed by atoms with Gasteiger partial charge in [-0.1, -0.05) is 127 Å². The molecule has 1 atom stereocenters. The van der Waals surface area contributed by atoms with Crippen molar-refractivity contribution < 1.29 is 0 Å². The Morgan fingerprint density at radius 3 is 1.70 bits per heavy atom. The molecule has 6 nitrogen and oxygen atoms in total. The lowest BCUT2D eigenvalue weighted by atomic mass is 9.74. The van der Waals surface area contributed by atoms with Crippen LogP contribution in [0.25, 0.3) is 67.5 Å². The molecule has 0 saturated heterocycles. The van der Waals surface area contributed by atoms with Gasteiger partial charge in [-0.2, -0.15) is 0 Å². The molecule has 0 bridgehead atoms. The van der Waals surface area contributed by atoms with Crippen molar-refractivity contribution >= 4 is 11.0 Å². The van der Waals surface area contributed by atoms with Crippen LogP contribution < -0.4 is 5.69 Å². The summed E-state index contributed by atoms with van der Waals surface area (Å²) in [5.41, 5.74) is 12.6. The van der Waals surface area contributed by atoms with Gasteiger partial charge in [0.1, 0.15) is 0 Å². The van der Waals surface area contributed by atoms with Crippen LogP contribution in [0.1, 0.15) is 23.6 Å². The number of benzene rings is 6. The summed E-state index contributed by atoms with van der Waals surface area (Å²) >= 11 is 0. The molecule has 50 heavy (non-hydrogen) atoms. The van der Waals surface area contributed by atoms with Gasteiger partial charge in [0.05, 0.1) is 11.0 Å². The number of fused-ring (bicyclic) bond motifs is 4. The Kier molecular flexibility index (Phi) is 6.74. The lowest BCUT2D eigenvalue weighted by Crippen LogP contribution is -2.22. The number of imidazole rings is 1. The van der Waals surface area contributed by atoms with E-state index in [9.17, 15) is 4.79 Å². The van der Waals surface area contributed by atoms with Crippen molar-refractivity contribution in [2.24, 2.45) is 14.1 Å². The van der Waals surface area contributed by atoms with Gasteiger partial charge in [0.15, 0.2) is 17.5 Å². The fourth-order valence-electron chi connectivity index (χ4n) is 7.57. The van der Waals surface area contributed by atoms with E-state index in [1.165, 1.54) is 27.8 Å². The van der Waals surface area contributed by atoms with E-state index in [1.54, 1.807) is 16.2 Å². The molecule has 0 amide bonds. The van der Waals surface area contributed by atoms with Crippen molar-refractivity contribution in [1.82, 2.24) is 24.1 Å². The van der Waals surface area contributed by atoms with Gasteiger partial charge in [-0.25, -0.2) is 19.7 Å². The number of hydrogen-bond acceptors (Lipinski definition) is 4. The van der Waals surface area contributed by atoms with Crippen LogP contribution in [0.15, 0.2) is 150 Å². The zero-order valence-corrected chi connectivity index (χ0v) is 28.0. The van der Waals surface area contributed by atoms with Crippen LogP contribution in [0.3, 0.4) is 0 Å². The molecule has 6 aromatic carbocycles. The molecule has 6 heteroatoms. The third-order valence-corrected chi connectivity index (χ3v) is 10.3. The van der Waals surface area contributed by atoms with Gasteiger partial charge in [0.25, 0.3) is 0 Å². The first-order chi connectivity index (χ1) is 24.4. The Bertz CT molecular complexity index is 2640. The Hall–Kier alpha value is -6.40. The van der Waals surface area contributed by atoms with Crippen LogP contribution >= 0.6 is 0 Å². The normalized spacial score (nSPS) is 14.9.